The molecule has 0 N–H and O–H groups in total. The van der Waals surface area contributed by atoms with Crippen LogP contribution < -0.4 is 0 Å². The van der Waals surface area contributed by atoms with Gasteiger partial charge in [0.15, 0.2) is 11.6 Å². The zero-order valence-corrected chi connectivity index (χ0v) is 53.2. The van der Waals surface area contributed by atoms with Gasteiger partial charge in [0, 0.05) is 81.4 Å². The molecule has 5 aromatic heterocycles. The van der Waals surface area contributed by atoms with E-state index in [4.69, 9.17) is 24.9 Å². The Kier molecular flexibility index (Phi) is 19.0. The van der Waals surface area contributed by atoms with Gasteiger partial charge in [-0.25, -0.2) is 15.0 Å². The van der Waals surface area contributed by atoms with Crippen LogP contribution in [0.25, 0.3) is 68.6 Å². The van der Waals surface area contributed by atoms with Crippen molar-refractivity contribution in [2.45, 2.75) is 158 Å². The molecular weight excluding hydrogens is 1170 g/mol. The Morgan fingerprint density at radius 3 is 0.741 bits per heavy atom. The molecule has 0 saturated heterocycles. The van der Waals surface area contributed by atoms with Gasteiger partial charge in [-0.2, -0.15) is 0 Å². The Balaban J connectivity index is 0.000000210. The van der Waals surface area contributed by atoms with Gasteiger partial charge >= 0.3 is 0 Å². The molecule has 0 spiro atoms. The largest absolute Gasteiger partial charge is 0.331 e. The zero-order valence-electron chi connectivity index (χ0n) is 50.5. The molecule has 5 heterocycles. The molecule has 5 aromatic carbocycles. The summed E-state index contributed by atoms with van der Waals surface area (Å²) in [7, 11) is 0. The number of hydrogen-bond donors (Lipinski definition) is 0. The number of imidazole rings is 4. The van der Waals surface area contributed by atoms with Gasteiger partial charge in [-0.15, -0.1) is 24.3 Å². The Hall–Kier alpha value is -7.25. The van der Waals surface area contributed by atoms with Crippen molar-refractivity contribution in [3.8, 4) is 68.6 Å². The van der Waals surface area contributed by atoms with Gasteiger partial charge in [0.25, 0.3) is 0 Å². The molecule has 10 rings (SSSR count). The Morgan fingerprint density at radius 1 is 0.284 bits per heavy atom. The van der Waals surface area contributed by atoms with Gasteiger partial charge in [-0.05, 0) is 104 Å². The fraction of sp³-hybridized carbons (Fsp3) is 0.338. The van der Waals surface area contributed by atoms with Crippen LogP contribution in [0.2, 0.25) is 0 Å². The van der Waals surface area contributed by atoms with Crippen molar-refractivity contribution < 1.29 is 20.4 Å². The zero-order chi connectivity index (χ0) is 57.1. The molecule has 0 fully saturated rings. The fourth-order valence-electron chi connectivity index (χ4n) is 11.3. The summed E-state index contributed by atoms with van der Waals surface area (Å²) in [5.41, 5.74) is 19.0. The van der Waals surface area contributed by atoms with Crippen molar-refractivity contribution in [1.29, 1.82) is 0 Å². The smallest absolute Gasteiger partial charge is 0.163 e. The maximum atomic E-state index is 5.16. The summed E-state index contributed by atoms with van der Waals surface area (Å²) >= 11 is 0. The number of nitrogens with zero attached hydrogens (tertiary/aromatic N) is 9. The van der Waals surface area contributed by atoms with E-state index in [1.165, 1.54) is 67.3 Å². The van der Waals surface area contributed by atoms with Crippen molar-refractivity contribution in [3.05, 3.63) is 209 Å². The minimum Gasteiger partial charge on any atom is -0.331 e. The van der Waals surface area contributed by atoms with Crippen LogP contribution in [-0.2, 0) is 20.4 Å². The van der Waals surface area contributed by atoms with Crippen LogP contribution in [0.3, 0.4) is 0 Å². The first-order valence-corrected chi connectivity index (χ1v) is 29.0. The van der Waals surface area contributed by atoms with Gasteiger partial charge in [0.2, 0.25) is 0 Å². The third-order valence-corrected chi connectivity index (χ3v) is 15.4. The maximum Gasteiger partial charge on any atom is 0.163 e. The van der Waals surface area contributed by atoms with Crippen molar-refractivity contribution in [2.24, 2.45) is 0 Å². The molecule has 0 unspecified atom stereocenters. The summed E-state index contributed by atoms with van der Waals surface area (Å²) in [6.45, 7) is 36.0. The van der Waals surface area contributed by atoms with Gasteiger partial charge in [0.05, 0.1) is 23.0 Å². The molecule has 0 saturated carbocycles. The van der Waals surface area contributed by atoms with Crippen LogP contribution >= 0.6 is 0 Å². The average molecular weight is 1250 g/mol. The number of aromatic nitrogens is 9. The molecule has 81 heavy (non-hydrogen) atoms. The van der Waals surface area contributed by atoms with Gasteiger partial charge in [0.1, 0.15) is 11.4 Å². The minimum absolute atomic E-state index is 0. The van der Waals surface area contributed by atoms with Crippen LogP contribution in [-0.4, -0.2) is 43.2 Å². The van der Waals surface area contributed by atoms with Crippen LogP contribution in [0.5, 0.6) is 0 Å². The van der Waals surface area contributed by atoms with E-state index in [1.807, 2.05) is 36.9 Å². The van der Waals surface area contributed by atoms with Gasteiger partial charge < -0.3 is 9.13 Å². The van der Waals surface area contributed by atoms with E-state index in [2.05, 4.69) is 257 Å². The number of para-hydroxylation sites is 4. The van der Waals surface area contributed by atoms with Crippen LogP contribution in [0.1, 0.15) is 203 Å². The van der Waals surface area contributed by atoms with Crippen LogP contribution in [0.15, 0.2) is 159 Å². The predicted octanol–water partition coefficient (Wildman–Crippen LogP) is 19.0. The van der Waals surface area contributed by atoms with Crippen LogP contribution in [0.4, 0.5) is 0 Å². The normalized spacial score (nSPS) is 11.8. The molecule has 1 radical (unpaired) electrons. The van der Waals surface area contributed by atoms with Gasteiger partial charge in [-0.3, -0.25) is 19.1 Å². The average Bonchev–Trinajstić information content (AvgIpc) is 4.46. The van der Waals surface area contributed by atoms with E-state index in [0.29, 0.717) is 47.3 Å². The van der Waals surface area contributed by atoms with Crippen molar-refractivity contribution in [3.63, 3.8) is 0 Å². The third-order valence-electron chi connectivity index (χ3n) is 15.4. The summed E-state index contributed by atoms with van der Waals surface area (Å²) < 4.78 is 8.93. The summed E-state index contributed by atoms with van der Waals surface area (Å²) in [4.78, 5) is 24.5. The fourth-order valence-corrected chi connectivity index (χ4v) is 11.3. The summed E-state index contributed by atoms with van der Waals surface area (Å²) in [6, 6.07) is 42.7. The van der Waals surface area contributed by atoms with Gasteiger partial charge in [-0.1, -0.05) is 201 Å². The van der Waals surface area contributed by atoms with Crippen molar-refractivity contribution in [1.82, 2.24) is 43.2 Å². The standard InChI is InChI=1S/C36H41N4.C35H41N5.Re/c1-23(2)29-14-10-15-30(24(3)4)33(29)39-20-18-37-35(39)27-12-9-13-28(22-27)36-38-19-21-40(36)34-31(25(5)6)16-11-17-32(34)26(7)8;1-22(2)26-12-9-13-27(23(3)4)32(26)39-20-18-36-34(39)30-16-11-17-31(38-30)35-37-19-21-40(35)33-28(24(5)6)14-10-15-29(33)25(7)8;/h9-21,23-26H,1-8H3;9-25H,1-8H3;/q-1;;. The molecule has 419 valence electrons. The summed E-state index contributed by atoms with van der Waals surface area (Å²) in [5.74, 6) is 6.54. The molecular formula is C71H82N9Re-. The number of pyridine rings is 1. The number of rotatable bonds is 16. The first-order valence-electron chi connectivity index (χ1n) is 29.0. The quantitative estimate of drug-likeness (QED) is 0.0900. The maximum absolute atomic E-state index is 5.16. The molecule has 9 nitrogen and oxygen atoms in total. The van der Waals surface area contributed by atoms with Crippen molar-refractivity contribution in [2.75, 3.05) is 0 Å². The van der Waals surface area contributed by atoms with E-state index in [1.54, 1.807) is 0 Å². The Morgan fingerprint density at radius 2 is 0.494 bits per heavy atom. The second-order valence-corrected chi connectivity index (χ2v) is 23.7. The Bertz CT molecular complexity index is 3140. The summed E-state index contributed by atoms with van der Waals surface area (Å²) in [5, 5.41) is 0. The molecule has 10 aromatic rings. The minimum atomic E-state index is 0. The predicted molar refractivity (Wildman–Crippen MR) is 332 cm³/mol. The van der Waals surface area contributed by atoms with E-state index < -0.39 is 0 Å². The second-order valence-electron chi connectivity index (χ2n) is 23.7. The molecule has 0 aliphatic heterocycles. The first kappa shape index (κ1) is 59.9. The van der Waals surface area contributed by atoms with E-state index >= 15 is 0 Å². The molecule has 10 heteroatoms. The van der Waals surface area contributed by atoms with E-state index in [9.17, 15) is 0 Å². The third kappa shape index (κ3) is 12.2. The second kappa shape index (κ2) is 25.7. The number of hydrogen-bond acceptors (Lipinski definition) is 5. The van der Waals surface area contributed by atoms with Crippen molar-refractivity contribution >= 4 is 0 Å². The topological polar surface area (TPSA) is 84.2 Å². The molecule has 0 amide bonds. The van der Waals surface area contributed by atoms with Crippen LogP contribution in [0, 0.1) is 6.07 Å². The molecule has 0 bridgehead atoms. The summed E-state index contributed by atoms with van der Waals surface area (Å²) in [6.07, 6.45) is 15.8. The molecule has 0 atom stereocenters. The Labute approximate surface area is 496 Å². The van der Waals surface area contributed by atoms with E-state index in [-0.39, 0.29) is 20.4 Å². The first-order chi connectivity index (χ1) is 38.4. The van der Waals surface area contributed by atoms with E-state index in [0.717, 1.165) is 45.8 Å². The number of benzene rings is 5. The SMILES string of the molecule is CC(C)c1cccc(C(C)C)c1-n1ccnc1-c1[c-]c(-c2nccn2-c2c(C(C)C)cccc2C(C)C)ccc1.CC(C)c1cccc(C(C)C)c1-n1ccnc1-c1cccc(-c2nccn2-c2c(C(C)C)cccc2C(C)C)n1.[Re]. The monoisotopic (exact) mass is 1250 g/mol. The molecule has 0 aliphatic carbocycles. The molecule has 0 aliphatic rings.